The molecule has 0 aromatic carbocycles. The average Bonchev–Trinajstić information content (AvgIpc) is 3.20. The van der Waals surface area contributed by atoms with Crippen LogP contribution in [-0.2, 0) is 14.3 Å². The van der Waals surface area contributed by atoms with E-state index in [1.807, 2.05) is 6.08 Å². The summed E-state index contributed by atoms with van der Waals surface area (Å²) in [4.78, 5) is 25.9. The molecule has 328 valence electrons. The minimum absolute atomic E-state index is 0.0455. The van der Waals surface area contributed by atoms with Crippen molar-refractivity contribution in [2.75, 3.05) is 6.61 Å². The molecular formula is C51H89NO5. The third-order valence-electron chi connectivity index (χ3n) is 10.3. The molecule has 3 atom stereocenters. The van der Waals surface area contributed by atoms with Gasteiger partial charge in [-0.3, -0.25) is 9.59 Å². The van der Waals surface area contributed by atoms with Gasteiger partial charge in [-0.2, -0.15) is 0 Å². The van der Waals surface area contributed by atoms with Crippen LogP contribution < -0.4 is 5.32 Å². The second-order valence-electron chi connectivity index (χ2n) is 15.8. The Hall–Kier alpha value is -2.70. The highest BCUT2D eigenvalue weighted by Crippen LogP contribution is 2.17. The lowest BCUT2D eigenvalue weighted by Gasteiger charge is -2.24. The highest BCUT2D eigenvalue weighted by molar-refractivity contribution is 5.77. The van der Waals surface area contributed by atoms with Gasteiger partial charge in [0, 0.05) is 6.42 Å². The van der Waals surface area contributed by atoms with Crippen molar-refractivity contribution in [3.05, 3.63) is 72.9 Å². The average molecular weight is 796 g/mol. The number of carbonyl (C=O) groups is 2. The lowest BCUT2D eigenvalue weighted by molar-refractivity contribution is -0.150. The summed E-state index contributed by atoms with van der Waals surface area (Å²) in [6, 6.07) is -0.715. The van der Waals surface area contributed by atoms with Gasteiger partial charge in [0.15, 0.2) is 0 Å². The normalized spacial score (nSPS) is 14.0. The van der Waals surface area contributed by atoms with Crippen LogP contribution in [0.2, 0.25) is 0 Å². The number of aliphatic hydroxyl groups excluding tert-OH is 2. The number of nitrogens with one attached hydrogen (secondary N) is 1. The van der Waals surface area contributed by atoms with E-state index in [-0.39, 0.29) is 31.3 Å². The van der Waals surface area contributed by atoms with Crippen molar-refractivity contribution in [1.29, 1.82) is 0 Å². The maximum atomic E-state index is 13.1. The predicted molar refractivity (Wildman–Crippen MR) is 245 cm³/mol. The predicted octanol–water partition coefficient (Wildman–Crippen LogP) is 13.8. The van der Waals surface area contributed by atoms with Crippen molar-refractivity contribution in [1.82, 2.24) is 5.32 Å². The Morgan fingerprint density at radius 3 is 1.33 bits per heavy atom. The first kappa shape index (κ1) is 54.3. The van der Waals surface area contributed by atoms with Gasteiger partial charge in [0.2, 0.25) is 5.91 Å². The van der Waals surface area contributed by atoms with Gasteiger partial charge in [-0.25, -0.2) is 0 Å². The SMILES string of the molecule is CC/C=C\C/C=C\C/C=C\C/C=C\C/C=C\C/C=C\CCC(=O)OC(CCCCCCCCCC)CC(=O)NC(CO)C(O)CCCCCCCCCCCCC. The Balaban J connectivity index is 4.59. The van der Waals surface area contributed by atoms with Crippen LogP contribution in [0.15, 0.2) is 72.9 Å². The second-order valence-corrected chi connectivity index (χ2v) is 15.8. The van der Waals surface area contributed by atoms with Crippen molar-refractivity contribution in [2.24, 2.45) is 0 Å². The standard InChI is InChI=1S/C51H89NO5/c1-4-7-10-13-16-19-21-22-23-24-25-26-27-28-30-32-35-38-41-44-51(56)57-47(42-39-36-33-18-15-12-9-6-3)45-50(55)52-48(46-53)49(54)43-40-37-34-31-29-20-17-14-11-8-5-2/h7,10,16,19,22-23,25-26,28,30,35,38,47-49,53-54H,4-6,8-9,11-15,17-18,20-21,24,27,29,31-34,36-37,39-46H2,1-3H3,(H,52,55)/b10-7-,19-16-,23-22-,26-25-,30-28-,38-35-. The molecule has 0 aliphatic carbocycles. The highest BCUT2D eigenvalue weighted by atomic mass is 16.5. The summed E-state index contributed by atoms with van der Waals surface area (Å²) in [5.41, 5.74) is 0. The fraction of sp³-hybridized carbons (Fsp3) is 0.725. The third-order valence-corrected chi connectivity index (χ3v) is 10.3. The molecule has 0 aliphatic heterocycles. The smallest absolute Gasteiger partial charge is 0.306 e. The van der Waals surface area contributed by atoms with Crippen LogP contribution in [0.3, 0.4) is 0 Å². The molecule has 0 spiro atoms. The fourth-order valence-corrected chi connectivity index (χ4v) is 6.75. The minimum Gasteiger partial charge on any atom is -0.462 e. The minimum atomic E-state index is -0.799. The Labute approximate surface area is 351 Å². The van der Waals surface area contributed by atoms with E-state index in [9.17, 15) is 19.8 Å². The summed E-state index contributed by atoms with van der Waals surface area (Å²) < 4.78 is 5.85. The molecule has 0 fully saturated rings. The van der Waals surface area contributed by atoms with Crippen LogP contribution in [0, 0.1) is 0 Å². The molecular weight excluding hydrogens is 707 g/mol. The first-order chi connectivity index (χ1) is 28.0. The number of ether oxygens (including phenoxy) is 1. The zero-order chi connectivity index (χ0) is 41.7. The quantitative estimate of drug-likeness (QED) is 0.0325. The molecule has 3 unspecified atom stereocenters. The summed E-state index contributed by atoms with van der Waals surface area (Å²) in [6.45, 7) is 6.31. The van der Waals surface area contributed by atoms with E-state index in [2.05, 4.69) is 92.9 Å². The van der Waals surface area contributed by atoms with Gasteiger partial charge < -0.3 is 20.3 Å². The van der Waals surface area contributed by atoms with Crippen molar-refractivity contribution >= 4 is 11.9 Å². The van der Waals surface area contributed by atoms with Crippen LogP contribution in [0.5, 0.6) is 0 Å². The van der Waals surface area contributed by atoms with Crippen molar-refractivity contribution in [3.8, 4) is 0 Å². The summed E-state index contributed by atoms with van der Waals surface area (Å²) in [5, 5.41) is 23.6. The Morgan fingerprint density at radius 1 is 0.526 bits per heavy atom. The number of rotatable bonds is 41. The maximum Gasteiger partial charge on any atom is 0.306 e. The van der Waals surface area contributed by atoms with Crippen LogP contribution >= 0.6 is 0 Å². The lowest BCUT2D eigenvalue weighted by atomic mass is 10.0. The van der Waals surface area contributed by atoms with Crippen LogP contribution in [-0.4, -0.2) is 46.9 Å². The van der Waals surface area contributed by atoms with Gasteiger partial charge in [-0.05, 0) is 64.2 Å². The molecule has 0 heterocycles. The molecule has 0 aromatic heterocycles. The number of esters is 1. The van der Waals surface area contributed by atoms with E-state index < -0.39 is 18.2 Å². The number of amides is 1. The zero-order valence-corrected chi connectivity index (χ0v) is 37.2. The molecule has 1 amide bonds. The van der Waals surface area contributed by atoms with E-state index >= 15 is 0 Å². The molecule has 57 heavy (non-hydrogen) atoms. The van der Waals surface area contributed by atoms with Gasteiger partial charge >= 0.3 is 5.97 Å². The van der Waals surface area contributed by atoms with Gasteiger partial charge in [0.05, 0.1) is 25.2 Å². The molecule has 6 heteroatoms. The van der Waals surface area contributed by atoms with Crippen molar-refractivity contribution in [3.63, 3.8) is 0 Å². The number of aliphatic hydroxyl groups is 2. The van der Waals surface area contributed by atoms with E-state index in [4.69, 9.17) is 4.74 Å². The van der Waals surface area contributed by atoms with E-state index in [0.717, 1.165) is 77.0 Å². The topological polar surface area (TPSA) is 95.9 Å². The molecule has 0 rings (SSSR count). The zero-order valence-electron chi connectivity index (χ0n) is 37.2. The molecule has 0 aliphatic rings. The molecule has 6 nitrogen and oxygen atoms in total. The summed E-state index contributed by atoms with van der Waals surface area (Å²) in [6.07, 6.45) is 55.5. The summed E-state index contributed by atoms with van der Waals surface area (Å²) >= 11 is 0. The van der Waals surface area contributed by atoms with Gasteiger partial charge in [0.25, 0.3) is 0 Å². The maximum absolute atomic E-state index is 13.1. The monoisotopic (exact) mass is 796 g/mol. The van der Waals surface area contributed by atoms with Crippen molar-refractivity contribution in [2.45, 2.75) is 232 Å². The fourth-order valence-electron chi connectivity index (χ4n) is 6.75. The van der Waals surface area contributed by atoms with Gasteiger partial charge in [0.1, 0.15) is 6.10 Å². The van der Waals surface area contributed by atoms with E-state index in [1.165, 1.54) is 83.5 Å². The summed E-state index contributed by atoms with van der Waals surface area (Å²) in [7, 11) is 0. The molecule has 0 bridgehead atoms. The third kappa shape index (κ3) is 39.9. The Kier molecular flexibility index (Phi) is 42.3. The van der Waals surface area contributed by atoms with Gasteiger partial charge in [-0.15, -0.1) is 0 Å². The van der Waals surface area contributed by atoms with Crippen LogP contribution in [0.1, 0.15) is 213 Å². The van der Waals surface area contributed by atoms with Crippen LogP contribution in [0.4, 0.5) is 0 Å². The Bertz CT molecular complexity index is 1070. The number of unbranched alkanes of at least 4 members (excludes halogenated alkanes) is 17. The van der Waals surface area contributed by atoms with Crippen LogP contribution in [0.25, 0.3) is 0 Å². The van der Waals surface area contributed by atoms with E-state index in [0.29, 0.717) is 19.3 Å². The number of hydrogen-bond acceptors (Lipinski definition) is 5. The number of carbonyl (C=O) groups excluding carboxylic acids is 2. The second kappa shape index (κ2) is 44.4. The molecule has 0 saturated carbocycles. The van der Waals surface area contributed by atoms with Gasteiger partial charge in [-0.1, -0.05) is 209 Å². The number of hydrogen-bond donors (Lipinski definition) is 3. The number of allylic oxidation sites excluding steroid dienone is 12. The Morgan fingerprint density at radius 2 is 0.912 bits per heavy atom. The first-order valence-electron chi connectivity index (χ1n) is 23.7. The largest absolute Gasteiger partial charge is 0.462 e. The highest BCUT2D eigenvalue weighted by Gasteiger charge is 2.24. The lowest BCUT2D eigenvalue weighted by Crippen LogP contribution is -2.46. The summed E-state index contributed by atoms with van der Waals surface area (Å²) in [5.74, 6) is -0.580. The van der Waals surface area contributed by atoms with Crippen molar-refractivity contribution < 1.29 is 24.5 Å². The molecule has 0 radical (unpaired) electrons. The first-order valence-corrected chi connectivity index (χ1v) is 23.7. The van der Waals surface area contributed by atoms with E-state index in [1.54, 1.807) is 0 Å². The molecule has 0 aromatic rings. The molecule has 0 saturated heterocycles. The molecule has 3 N–H and O–H groups in total.